The highest BCUT2D eigenvalue weighted by Crippen LogP contribution is 2.40. The molecule has 1 amide bonds. The summed E-state index contributed by atoms with van der Waals surface area (Å²) in [6.07, 6.45) is 0.827. The highest BCUT2D eigenvalue weighted by Gasteiger charge is 2.24. The quantitative estimate of drug-likeness (QED) is 0.419. The van der Waals surface area contributed by atoms with Gasteiger partial charge in [-0.05, 0) is 67.3 Å². The summed E-state index contributed by atoms with van der Waals surface area (Å²) in [6.45, 7) is 1.43. The molecule has 1 heterocycles. The van der Waals surface area contributed by atoms with Gasteiger partial charge in [-0.25, -0.2) is 4.98 Å². The summed E-state index contributed by atoms with van der Waals surface area (Å²) in [5.41, 5.74) is 1.31. The Bertz CT molecular complexity index is 971. The number of methoxy groups -OCH3 is 2. The maximum Gasteiger partial charge on any atom is 0.261 e. The number of rotatable bonds is 8. The second-order valence-electron chi connectivity index (χ2n) is 6.74. The lowest BCUT2D eigenvalue weighted by atomic mass is 10.2. The van der Waals surface area contributed by atoms with Crippen molar-refractivity contribution in [2.75, 3.05) is 46.3 Å². The molecule has 3 aromatic rings. The molecule has 162 valence electrons. The SMILES string of the molecule is COc1ccc(OC)c2sc(N(CCCN(C)C)C(=O)c3ccccc3Br)nc12.Cl. The van der Waals surface area contributed by atoms with E-state index in [9.17, 15) is 4.79 Å². The van der Waals surface area contributed by atoms with Crippen molar-refractivity contribution in [2.24, 2.45) is 0 Å². The Morgan fingerprint density at radius 3 is 2.37 bits per heavy atom. The number of carbonyl (C=O) groups excluding carboxylic acids is 1. The van der Waals surface area contributed by atoms with E-state index in [0.717, 1.165) is 22.1 Å². The minimum atomic E-state index is -0.0896. The molecule has 0 atom stereocenters. The number of halogens is 2. The van der Waals surface area contributed by atoms with Gasteiger partial charge >= 0.3 is 0 Å². The molecule has 30 heavy (non-hydrogen) atoms. The second kappa shape index (κ2) is 10.9. The number of hydrogen-bond acceptors (Lipinski definition) is 6. The zero-order valence-electron chi connectivity index (χ0n) is 17.3. The molecule has 9 heteroatoms. The zero-order chi connectivity index (χ0) is 21.0. The van der Waals surface area contributed by atoms with Crippen molar-refractivity contribution < 1.29 is 14.3 Å². The smallest absolute Gasteiger partial charge is 0.261 e. The Labute approximate surface area is 195 Å². The van der Waals surface area contributed by atoms with Crippen molar-refractivity contribution in [1.82, 2.24) is 9.88 Å². The van der Waals surface area contributed by atoms with Crippen molar-refractivity contribution in [3.05, 3.63) is 46.4 Å². The van der Waals surface area contributed by atoms with Gasteiger partial charge in [0.05, 0.1) is 19.8 Å². The Kier molecular flexibility index (Phi) is 8.91. The van der Waals surface area contributed by atoms with Crippen LogP contribution in [0.1, 0.15) is 16.8 Å². The van der Waals surface area contributed by atoms with Crippen molar-refractivity contribution in [1.29, 1.82) is 0 Å². The second-order valence-corrected chi connectivity index (χ2v) is 8.57. The number of nitrogens with zero attached hydrogens (tertiary/aromatic N) is 3. The fraction of sp³-hybridized carbons (Fsp3) is 0.333. The van der Waals surface area contributed by atoms with Crippen molar-refractivity contribution >= 4 is 60.9 Å². The Morgan fingerprint density at radius 2 is 1.73 bits per heavy atom. The van der Waals surface area contributed by atoms with E-state index in [1.807, 2.05) is 50.5 Å². The van der Waals surface area contributed by atoms with Crippen LogP contribution in [0.3, 0.4) is 0 Å². The first-order valence-electron chi connectivity index (χ1n) is 9.19. The number of anilines is 1. The van der Waals surface area contributed by atoms with Crippen LogP contribution in [0.5, 0.6) is 11.5 Å². The molecule has 0 fully saturated rings. The number of ether oxygens (including phenoxy) is 2. The molecular weight excluding hydrogens is 490 g/mol. The first-order valence-corrected chi connectivity index (χ1v) is 10.8. The molecule has 0 aliphatic carbocycles. The largest absolute Gasteiger partial charge is 0.495 e. The fourth-order valence-corrected chi connectivity index (χ4v) is 4.55. The lowest BCUT2D eigenvalue weighted by Crippen LogP contribution is -2.33. The Balaban J connectivity index is 0.00000320. The van der Waals surface area contributed by atoms with Gasteiger partial charge in [0.1, 0.15) is 21.7 Å². The topological polar surface area (TPSA) is 54.9 Å². The van der Waals surface area contributed by atoms with Gasteiger partial charge in [0, 0.05) is 11.0 Å². The monoisotopic (exact) mass is 513 g/mol. The number of benzene rings is 2. The minimum absolute atomic E-state index is 0. The van der Waals surface area contributed by atoms with Crippen molar-refractivity contribution in [2.45, 2.75) is 6.42 Å². The summed E-state index contributed by atoms with van der Waals surface area (Å²) in [5.74, 6) is 1.28. The average Bonchev–Trinajstić information content (AvgIpc) is 3.15. The average molecular weight is 515 g/mol. The molecule has 0 bridgehead atoms. The van der Waals surface area contributed by atoms with Crippen LogP contribution in [-0.2, 0) is 0 Å². The summed E-state index contributed by atoms with van der Waals surface area (Å²) in [4.78, 5) is 22.0. The zero-order valence-corrected chi connectivity index (χ0v) is 20.6. The van der Waals surface area contributed by atoms with Crippen LogP contribution in [0.25, 0.3) is 10.2 Å². The number of aromatic nitrogens is 1. The number of thiazole rings is 1. The lowest BCUT2D eigenvalue weighted by molar-refractivity contribution is 0.0985. The van der Waals surface area contributed by atoms with Gasteiger partial charge in [-0.15, -0.1) is 12.4 Å². The molecule has 0 saturated carbocycles. The third-order valence-corrected chi connectivity index (χ3v) is 6.25. The molecular formula is C21H25BrClN3O3S. The van der Waals surface area contributed by atoms with Crippen LogP contribution in [0.15, 0.2) is 40.9 Å². The highest BCUT2D eigenvalue weighted by atomic mass is 79.9. The molecule has 0 unspecified atom stereocenters. The van der Waals surface area contributed by atoms with Gasteiger partial charge in [0.2, 0.25) is 0 Å². The van der Waals surface area contributed by atoms with Gasteiger partial charge in [0.25, 0.3) is 5.91 Å². The summed E-state index contributed by atoms with van der Waals surface area (Å²) < 4.78 is 12.6. The molecule has 6 nitrogen and oxygen atoms in total. The third kappa shape index (κ3) is 5.24. The molecule has 3 rings (SSSR count). The van der Waals surface area contributed by atoms with Crippen LogP contribution in [-0.4, -0.2) is 57.2 Å². The summed E-state index contributed by atoms with van der Waals surface area (Å²) in [6, 6.07) is 11.1. The number of fused-ring (bicyclic) bond motifs is 1. The molecule has 2 aromatic carbocycles. The molecule has 0 aliphatic heterocycles. The first-order chi connectivity index (χ1) is 14.0. The van der Waals surface area contributed by atoms with E-state index in [1.165, 1.54) is 11.3 Å². The van der Waals surface area contributed by atoms with Gasteiger partial charge < -0.3 is 14.4 Å². The standard InChI is InChI=1S/C21H24BrN3O3S.ClH/c1-24(2)12-7-13-25(20(26)14-8-5-6-9-15(14)22)21-23-18-16(27-3)10-11-17(28-4)19(18)29-21;/h5-6,8-11H,7,12-13H2,1-4H3;1H. The van der Waals surface area contributed by atoms with Gasteiger partial charge in [-0.3, -0.25) is 9.69 Å². The van der Waals surface area contributed by atoms with Crippen LogP contribution in [0.2, 0.25) is 0 Å². The van der Waals surface area contributed by atoms with Crippen LogP contribution < -0.4 is 14.4 Å². The summed E-state index contributed by atoms with van der Waals surface area (Å²) in [5, 5.41) is 0.627. The summed E-state index contributed by atoms with van der Waals surface area (Å²) in [7, 11) is 7.28. The predicted molar refractivity (Wildman–Crippen MR) is 129 cm³/mol. The van der Waals surface area contributed by atoms with E-state index in [4.69, 9.17) is 14.5 Å². The number of hydrogen-bond donors (Lipinski definition) is 0. The minimum Gasteiger partial charge on any atom is -0.495 e. The van der Waals surface area contributed by atoms with Gasteiger partial charge in [-0.2, -0.15) is 0 Å². The van der Waals surface area contributed by atoms with E-state index >= 15 is 0 Å². The van der Waals surface area contributed by atoms with Crippen LogP contribution in [0.4, 0.5) is 5.13 Å². The van der Waals surface area contributed by atoms with Crippen molar-refractivity contribution in [3.8, 4) is 11.5 Å². The molecule has 0 N–H and O–H groups in total. The van der Waals surface area contributed by atoms with Crippen LogP contribution in [0, 0.1) is 0 Å². The molecule has 0 saturated heterocycles. The fourth-order valence-electron chi connectivity index (χ4n) is 3.00. The van der Waals surface area contributed by atoms with E-state index < -0.39 is 0 Å². The molecule has 0 spiro atoms. The summed E-state index contributed by atoms with van der Waals surface area (Å²) >= 11 is 4.93. The third-order valence-electron chi connectivity index (χ3n) is 4.47. The van der Waals surface area contributed by atoms with E-state index in [0.29, 0.717) is 34.3 Å². The van der Waals surface area contributed by atoms with Gasteiger partial charge in [0.15, 0.2) is 5.13 Å². The van der Waals surface area contributed by atoms with E-state index in [-0.39, 0.29) is 18.3 Å². The van der Waals surface area contributed by atoms with E-state index in [1.54, 1.807) is 19.1 Å². The number of amides is 1. The normalized spacial score (nSPS) is 10.7. The van der Waals surface area contributed by atoms with E-state index in [2.05, 4.69) is 20.8 Å². The maximum absolute atomic E-state index is 13.4. The molecule has 1 aromatic heterocycles. The van der Waals surface area contributed by atoms with Crippen LogP contribution >= 0.6 is 39.7 Å². The molecule has 0 aliphatic rings. The maximum atomic E-state index is 13.4. The predicted octanol–water partition coefficient (Wildman–Crippen LogP) is 5.10. The highest BCUT2D eigenvalue weighted by molar-refractivity contribution is 9.10. The van der Waals surface area contributed by atoms with Gasteiger partial charge in [-0.1, -0.05) is 23.5 Å². The Hall–Kier alpha value is -1.87. The lowest BCUT2D eigenvalue weighted by Gasteiger charge is -2.21. The van der Waals surface area contributed by atoms with Crippen molar-refractivity contribution in [3.63, 3.8) is 0 Å². The first kappa shape index (κ1) is 24.4. The Morgan fingerprint density at radius 1 is 1.07 bits per heavy atom. The molecule has 0 radical (unpaired) electrons. The number of carbonyl (C=O) groups is 1.